The summed E-state index contributed by atoms with van der Waals surface area (Å²) in [6.07, 6.45) is 3.78. The molecular formula is C14H22N4O2S. The number of piperidine rings is 1. The zero-order chi connectivity index (χ0) is 15.2. The Morgan fingerprint density at radius 1 is 1.48 bits per heavy atom. The molecule has 0 bridgehead atoms. The van der Waals surface area contributed by atoms with E-state index in [1.807, 2.05) is 0 Å². The maximum absolute atomic E-state index is 12.0. The highest BCUT2D eigenvalue weighted by Gasteiger charge is 2.18. The number of nitrogens with zero attached hydrogens (tertiary/aromatic N) is 2. The average molecular weight is 310 g/mol. The highest BCUT2D eigenvalue weighted by Crippen LogP contribution is 2.16. The first-order valence-corrected chi connectivity index (χ1v) is 8.19. The van der Waals surface area contributed by atoms with Crippen molar-refractivity contribution in [1.82, 2.24) is 15.2 Å². The minimum absolute atomic E-state index is 0.185. The summed E-state index contributed by atoms with van der Waals surface area (Å²) in [4.78, 5) is 29.4. The van der Waals surface area contributed by atoms with Gasteiger partial charge in [0.25, 0.3) is 5.91 Å². The minimum atomic E-state index is -0.187. The standard InChI is InChI=1S/C14H22N4O2S/c1-10-5-3-4-7-18(10)8-6-15-13(20)12-9-21-14(17-12)16-11(2)19/h9-10H,3-8H2,1-2H3,(H,15,20)(H,16,17,19)/t10-/m0/s1. The number of carbonyl (C=O) groups is 2. The molecule has 1 atom stereocenters. The van der Waals surface area contributed by atoms with Crippen molar-refractivity contribution >= 4 is 28.3 Å². The van der Waals surface area contributed by atoms with Gasteiger partial charge in [-0.1, -0.05) is 6.42 Å². The Bertz CT molecular complexity index is 503. The number of nitrogens with one attached hydrogen (secondary N) is 2. The number of rotatable bonds is 5. The van der Waals surface area contributed by atoms with Crippen LogP contribution in [0.5, 0.6) is 0 Å². The Balaban J connectivity index is 1.76. The van der Waals surface area contributed by atoms with E-state index in [4.69, 9.17) is 0 Å². The molecule has 1 aromatic heterocycles. The van der Waals surface area contributed by atoms with Crippen LogP contribution in [0.3, 0.4) is 0 Å². The predicted octanol–water partition coefficient (Wildman–Crippen LogP) is 1.71. The summed E-state index contributed by atoms with van der Waals surface area (Å²) in [6.45, 7) is 6.26. The monoisotopic (exact) mass is 310 g/mol. The Labute approximate surface area is 128 Å². The molecule has 116 valence electrons. The molecule has 2 amide bonds. The van der Waals surface area contributed by atoms with E-state index in [2.05, 4.69) is 27.4 Å². The highest BCUT2D eigenvalue weighted by atomic mass is 32.1. The van der Waals surface area contributed by atoms with Crippen molar-refractivity contribution in [2.24, 2.45) is 0 Å². The van der Waals surface area contributed by atoms with Crippen LogP contribution in [0.4, 0.5) is 5.13 Å². The van der Waals surface area contributed by atoms with Crippen molar-refractivity contribution in [2.45, 2.75) is 39.2 Å². The molecule has 0 aromatic carbocycles. The van der Waals surface area contributed by atoms with Gasteiger partial charge in [0.15, 0.2) is 5.13 Å². The summed E-state index contributed by atoms with van der Waals surface area (Å²) in [5.74, 6) is -0.372. The molecule has 2 heterocycles. The van der Waals surface area contributed by atoms with Crippen LogP contribution >= 0.6 is 11.3 Å². The zero-order valence-electron chi connectivity index (χ0n) is 12.5. The third-order valence-corrected chi connectivity index (χ3v) is 4.40. The Hall–Kier alpha value is -1.47. The first-order valence-electron chi connectivity index (χ1n) is 7.31. The van der Waals surface area contributed by atoms with Gasteiger partial charge in [-0.3, -0.25) is 14.5 Å². The van der Waals surface area contributed by atoms with Gasteiger partial charge < -0.3 is 10.6 Å². The molecule has 0 radical (unpaired) electrons. The van der Waals surface area contributed by atoms with Crippen molar-refractivity contribution in [3.63, 3.8) is 0 Å². The highest BCUT2D eigenvalue weighted by molar-refractivity contribution is 7.14. The molecular weight excluding hydrogens is 288 g/mol. The summed E-state index contributed by atoms with van der Waals surface area (Å²) in [5.41, 5.74) is 0.357. The van der Waals surface area contributed by atoms with E-state index in [1.54, 1.807) is 5.38 Å². The molecule has 0 spiro atoms. The number of amides is 2. The van der Waals surface area contributed by atoms with Gasteiger partial charge in [-0.2, -0.15) is 0 Å². The molecule has 21 heavy (non-hydrogen) atoms. The van der Waals surface area contributed by atoms with Crippen LogP contribution < -0.4 is 10.6 Å². The van der Waals surface area contributed by atoms with Crippen LogP contribution in [0.25, 0.3) is 0 Å². The largest absolute Gasteiger partial charge is 0.349 e. The average Bonchev–Trinajstić information content (AvgIpc) is 2.88. The quantitative estimate of drug-likeness (QED) is 0.868. The molecule has 1 fully saturated rings. The smallest absolute Gasteiger partial charge is 0.270 e. The van der Waals surface area contributed by atoms with E-state index in [-0.39, 0.29) is 11.8 Å². The number of aromatic nitrogens is 1. The summed E-state index contributed by atoms with van der Waals surface area (Å²) >= 11 is 1.25. The number of hydrogen-bond donors (Lipinski definition) is 2. The third-order valence-electron chi connectivity index (χ3n) is 3.64. The fourth-order valence-corrected chi connectivity index (χ4v) is 3.22. The van der Waals surface area contributed by atoms with Crippen LogP contribution in [0.1, 0.15) is 43.6 Å². The molecule has 0 saturated carbocycles. The molecule has 7 heteroatoms. The second kappa shape index (κ2) is 7.51. The van der Waals surface area contributed by atoms with Gasteiger partial charge in [0.2, 0.25) is 5.91 Å². The predicted molar refractivity (Wildman–Crippen MR) is 83.6 cm³/mol. The van der Waals surface area contributed by atoms with Crippen LogP contribution in [0.2, 0.25) is 0 Å². The van der Waals surface area contributed by atoms with Gasteiger partial charge in [0, 0.05) is 31.4 Å². The fourth-order valence-electron chi connectivity index (χ4n) is 2.48. The van der Waals surface area contributed by atoms with E-state index in [0.29, 0.717) is 23.4 Å². The first-order chi connectivity index (χ1) is 10.1. The van der Waals surface area contributed by atoms with Crippen LogP contribution in [-0.4, -0.2) is 47.4 Å². The van der Waals surface area contributed by atoms with Crippen molar-refractivity contribution < 1.29 is 9.59 Å². The maximum atomic E-state index is 12.0. The molecule has 1 saturated heterocycles. The molecule has 1 aliphatic rings. The van der Waals surface area contributed by atoms with Crippen molar-refractivity contribution in [1.29, 1.82) is 0 Å². The van der Waals surface area contributed by atoms with Crippen LogP contribution in [-0.2, 0) is 4.79 Å². The Kier molecular flexibility index (Phi) is 5.69. The summed E-state index contributed by atoms with van der Waals surface area (Å²) < 4.78 is 0. The van der Waals surface area contributed by atoms with Gasteiger partial charge in [-0.25, -0.2) is 4.98 Å². The molecule has 2 N–H and O–H groups in total. The van der Waals surface area contributed by atoms with Gasteiger partial charge in [0.1, 0.15) is 5.69 Å². The van der Waals surface area contributed by atoms with Crippen molar-refractivity contribution in [2.75, 3.05) is 25.0 Å². The normalized spacial score (nSPS) is 19.2. The summed E-state index contributed by atoms with van der Waals surface area (Å²) in [5, 5.41) is 7.57. The lowest BCUT2D eigenvalue weighted by Gasteiger charge is -2.33. The summed E-state index contributed by atoms with van der Waals surface area (Å²) in [6, 6.07) is 0.598. The number of thiazole rings is 1. The molecule has 0 unspecified atom stereocenters. The van der Waals surface area contributed by atoms with Gasteiger partial charge >= 0.3 is 0 Å². The lowest BCUT2D eigenvalue weighted by molar-refractivity contribution is -0.114. The molecule has 1 aliphatic heterocycles. The second-order valence-corrected chi connectivity index (χ2v) is 6.21. The Morgan fingerprint density at radius 3 is 3.00 bits per heavy atom. The zero-order valence-corrected chi connectivity index (χ0v) is 13.3. The fraction of sp³-hybridized carbons (Fsp3) is 0.643. The lowest BCUT2D eigenvalue weighted by Crippen LogP contribution is -2.42. The van der Waals surface area contributed by atoms with Gasteiger partial charge in [-0.05, 0) is 26.3 Å². The first kappa shape index (κ1) is 15.9. The van der Waals surface area contributed by atoms with E-state index in [9.17, 15) is 9.59 Å². The maximum Gasteiger partial charge on any atom is 0.270 e. The SMILES string of the molecule is CC(=O)Nc1nc(C(=O)NCCN2CCCC[C@@H]2C)cs1. The molecule has 1 aromatic rings. The number of anilines is 1. The number of carbonyl (C=O) groups excluding carboxylic acids is 2. The third kappa shape index (κ3) is 4.78. The minimum Gasteiger partial charge on any atom is -0.349 e. The van der Waals surface area contributed by atoms with Crippen molar-refractivity contribution in [3.05, 3.63) is 11.1 Å². The van der Waals surface area contributed by atoms with Crippen molar-refractivity contribution in [3.8, 4) is 0 Å². The van der Waals surface area contributed by atoms with E-state index < -0.39 is 0 Å². The lowest BCUT2D eigenvalue weighted by atomic mass is 10.0. The van der Waals surface area contributed by atoms with E-state index in [1.165, 1.54) is 37.5 Å². The van der Waals surface area contributed by atoms with Gasteiger partial charge in [0.05, 0.1) is 0 Å². The van der Waals surface area contributed by atoms with E-state index >= 15 is 0 Å². The summed E-state index contributed by atoms with van der Waals surface area (Å²) in [7, 11) is 0. The second-order valence-electron chi connectivity index (χ2n) is 5.36. The van der Waals surface area contributed by atoms with E-state index in [0.717, 1.165) is 13.1 Å². The topological polar surface area (TPSA) is 74.3 Å². The number of likely N-dealkylation sites (tertiary alicyclic amines) is 1. The number of hydrogen-bond acceptors (Lipinski definition) is 5. The molecule has 0 aliphatic carbocycles. The van der Waals surface area contributed by atoms with Crippen LogP contribution in [0, 0.1) is 0 Å². The molecule has 2 rings (SSSR count). The Morgan fingerprint density at radius 2 is 2.29 bits per heavy atom. The van der Waals surface area contributed by atoms with Crippen LogP contribution in [0.15, 0.2) is 5.38 Å². The van der Waals surface area contributed by atoms with Gasteiger partial charge in [-0.15, -0.1) is 11.3 Å². The molecule has 6 nitrogen and oxygen atoms in total.